The molecule has 9 heteroatoms. The Kier molecular flexibility index (Phi) is 4.64. The minimum Gasteiger partial charge on any atom is -0.493 e. The van der Waals surface area contributed by atoms with Crippen LogP contribution in [0.15, 0.2) is 30.7 Å². The minimum atomic E-state index is -2.90. The molecule has 7 nitrogen and oxygen atoms in total. The van der Waals surface area contributed by atoms with Gasteiger partial charge in [-0.1, -0.05) is 6.07 Å². The Bertz CT molecular complexity index is 884. The number of anilines is 1. The molecular weight excluding hydrogens is 332 g/mol. The largest absolute Gasteiger partial charge is 0.493 e. The molecule has 0 unspecified atom stereocenters. The van der Waals surface area contributed by atoms with Crippen LogP contribution in [0.25, 0.3) is 11.0 Å². The summed E-state index contributed by atoms with van der Waals surface area (Å²) < 4.78 is 36.1. The fraction of sp³-hybridized carbons (Fsp3) is 0.312. The highest BCUT2D eigenvalue weighted by Gasteiger charge is 2.14. The number of aryl methyl sites for hydroxylation is 1. The van der Waals surface area contributed by atoms with Crippen LogP contribution in [0.1, 0.15) is 5.56 Å². The molecule has 3 rings (SSSR count). The van der Waals surface area contributed by atoms with E-state index < -0.39 is 6.61 Å². The van der Waals surface area contributed by atoms with E-state index in [1.54, 1.807) is 23.0 Å². The summed E-state index contributed by atoms with van der Waals surface area (Å²) in [6, 6.07) is 4.84. The van der Waals surface area contributed by atoms with Crippen LogP contribution in [0.4, 0.5) is 14.6 Å². The molecule has 132 valence electrons. The molecule has 0 fully saturated rings. The van der Waals surface area contributed by atoms with E-state index in [4.69, 9.17) is 4.74 Å². The lowest BCUT2D eigenvalue weighted by Crippen LogP contribution is -2.18. The first-order valence-electron chi connectivity index (χ1n) is 7.45. The first-order valence-corrected chi connectivity index (χ1v) is 7.45. The Morgan fingerprint density at radius 3 is 2.76 bits per heavy atom. The van der Waals surface area contributed by atoms with Crippen molar-refractivity contribution in [3.05, 3.63) is 36.3 Å². The highest BCUT2D eigenvalue weighted by molar-refractivity contribution is 5.86. The van der Waals surface area contributed by atoms with Crippen LogP contribution in [0.5, 0.6) is 11.5 Å². The van der Waals surface area contributed by atoms with Gasteiger partial charge in [0.05, 0.1) is 18.7 Å². The van der Waals surface area contributed by atoms with E-state index in [-0.39, 0.29) is 11.5 Å². The summed E-state index contributed by atoms with van der Waals surface area (Å²) in [6.45, 7) is -2.41. The van der Waals surface area contributed by atoms with Gasteiger partial charge in [-0.25, -0.2) is 9.97 Å². The second-order valence-corrected chi connectivity index (χ2v) is 5.42. The number of hydrogen-bond acceptors (Lipinski definition) is 6. The van der Waals surface area contributed by atoms with Crippen molar-refractivity contribution in [1.82, 2.24) is 19.7 Å². The number of alkyl halides is 2. The van der Waals surface area contributed by atoms with Crippen LogP contribution in [0.3, 0.4) is 0 Å². The van der Waals surface area contributed by atoms with Gasteiger partial charge >= 0.3 is 6.61 Å². The van der Waals surface area contributed by atoms with Gasteiger partial charge in [-0.3, -0.25) is 4.68 Å². The highest BCUT2D eigenvalue weighted by atomic mass is 19.3. The predicted octanol–water partition coefficient (Wildman–Crippen LogP) is 2.61. The van der Waals surface area contributed by atoms with Gasteiger partial charge in [0, 0.05) is 20.6 Å². The summed E-state index contributed by atoms with van der Waals surface area (Å²) in [5.74, 6) is 0.978. The van der Waals surface area contributed by atoms with Crippen molar-refractivity contribution in [2.24, 2.45) is 7.05 Å². The monoisotopic (exact) mass is 349 g/mol. The topological polar surface area (TPSA) is 65.3 Å². The molecule has 0 aliphatic rings. The Morgan fingerprint density at radius 1 is 1.24 bits per heavy atom. The lowest BCUT2D eigenvalue weighted by Gasteiger charge is -2.19. The number of nitrogens with zero attached hydrogens (tertiary/aromatic N) is 5. The van der Waals surface area contributed by atoms with E-state index in [1.807, 2.05) is 19.0 Å². The third-order valence-corrected chi connectivity index (χ3v) is 3.73. The van der Waals surface area contributed by atoms with E-state index in [1.165, 1.54) is 19.5 Å². The van der Waals surface area contributed by atoms with Crippen LogP contribution in [0.2, 0.25) is 0 Å². The standard InChI is InChI=1S/C16H17F2N5O2/c1-22(14-11-7-21-23(2)15(11)20-9-19-14)8-10-4-5-12(25-16(17)18)13(6-10)24-3/h4-7,9,16H,8H2,1-3H3. The first-order chi connectivity index (χ1) is 12.0. The third kappa shape index (κ3) is 3.44. The predicted molar refractivity (Wildman–Crippen MR) is 88.0 cm³/mol. The SMILES string of the molecule is COc1cc(CN(C)c2ncnc3c2cnn3C)ccc1OC(F)F. The van der Waals surface area contributed by atoms with Gasteiger partial charge in [0.25, 0.3) is 0 Å². The van der Waals surface area contributed by atoms with Crippen LogP contribution in [-0.2, 0) is 13.6 Å². The average molecular weight is 349 g/mol. The lowest BCUT2D eigenvalue weighted by atomic mass is 10.2. The minimum absolute atomic E-state index is 0.000545. The second kappa shape index (κ2) is 6.88. The third-order valence-electron chi connectivity index (χ3n) is 3.73. The molecule has 0 aliphatic carbocycles. The van der Waals surface area contributed by atoms with Crippen LogP contribution >= 0.6 is 0 Å². The van der Waals surface area contributed by atoms with Crippen molar-refractivity contribution < 1.29 is 18.3 Å². The van der Waals surface area contributed by atoms with E-state index in [9.17, 15) is 8.78 Å². The van der Waals surface area contributed by atoms with E-state index in [0.717, 1.165) is 22.4 Å². The molecule has 2 heterocycles. The van der Waals surface area contributed by atoms with Crippen molar-refractivity contribution in [2.45, 2.75) is 13.2 Å². The summed E-state index contributed by atoms with van der Waals surface area (Å²) in [5.41, 5.74) is 1.59. The zero-order valence-corrected chi connectivity index (χ0v) is 14.0. The molecule has 0 amide bonds. The number of rotatable bonds is 6. The number of aromatic nitrogens is 4. The van der Waals surface area contributed by atoms with Crippen molar-refractivity contribution in [3.63, 3.8) is 0 Å². The highest BCUT2D eigenvalue weighted by Crippen LogP contribution is 2.30. The fourth-order valence-electron chi connectivity index (χ4n) is 2.61. The second-order valence-electron chi connectivity index (χ2n) is 5.42. The van der Waals surface area contributed by atoms with Gasteiger partial charge in [0.2, 0.25) is 0 Å². The Labute approximate surface area is 142 Å². The normalized spacial score (nSPS) is 11.1. The maximum Gasteiger partial charge on any atom is 0.387 e. The Balaban J connectivity index is 1.86. The number of benzene rings is 1. The van der Waals surface area contributed by atoms with Crippen LogP contribution in [-0.4, -0.2) is 40.5 Å². The number of ether oxygens (including phenoxy) is 2. The maximum absolute atomic E-state index is 12.4. The van der Waals surface area contributed by atoms with Crippen molar-refractivity contribution in [1.29, 1.82) is 0 Å². The van der Waals surface area contributed by atoms with E-state index in [2.05, 4.69) is 19.8 Å². The van der Waals surface area contributed by atoms with E-state index >= 15 is 0 Å². The number of halogens is 2. The zero-order valence-electron chi connectivity index (χ0n) is 14.0. The zero-order chi connectivity index (χ0) is 18.0. The smallest absolute Gasteiger partial charge is 0.387 e. The molecule has 0 spiro atoms. The molecule has 0 aliphatic heterocycles. The average Bonchev–Trinajstić information content (AvgIpc) is 2.97. The number of fused-ring (bicyclic) bond motifs is 1. The number of methoxy groups -OCH3 is 1. The number of hydrogen-bond donors (Lipinski definition) is 0. The molecular formula is C16H17F2N5O2. The first kappa shape index (κ1) is 16.9. The quantitative estimate of drug-likeness (QED) is 0.682. The molecule has 0 saturated carbocycles. The van der Waals surface area contributed by atoms with Crippen LogP contribution in [0, 0.1) is 0 Å². The molecule has 25 heavy (non-hydrogen) atoms. The Morgan fingerprint density at radius 2 is 2.04 bits per heavy atom. The van der Waals surface area contributed by atoms with Gasteiger partial charge < -0.3 is 14.4 Å². The van der Waals surface area contributed by atoms with Crippen molar-refractivity contribution >= 4 is 16.9 Å². The molecule has 0 radical (unpaired) electrons. The molecule has 3 aromatic rings. The summed E-state index contributed by atoms with van der Waals surface area (Å²) in [4.78, 5) is 10.5. The summed E-state index contributed by atoms with van der Waals surface area (Å²) in [7, 11) is 5.10. The van der Waals surface area contributed by atoms with Gasteiger partial charge in [-0.2, -0.15) is 13.9 Å². The van der Waals surface area contributed by atoms with E-state index in [0.29, 0.717) is 6.54 Å². The van der Waals surface area contributed by atoms with Crippen molar-refractivity contribution in [2.75, 3.05) is 19.1 Å². The van der Waals surface area contributed by atoms with Crippen LogP contribution < -0.4 is 14.4 Å². The molecule has 0 saturated heterocycles. The molecule has 0 atom stereocenters. The van der Waals surface area contributed by atoms with Gasteiger partial charge in [-0.05, 0) is 17.7 Å². The maximum atomic E-state index is 12.4. The lowest BCUT2D eigenvalue weighted by molar-refractivity contribution is -0.0512. The summed E-state index contributed by atoms with van der Waals surface area (Å²) in [6.07, 6.45) is 3.19. The molecule has 2 aromatic heterocycles. The Hall–Kier alpha value is -2.97. The van der Waals surface area contributed by atoms with Crippen molar-refractivity contribution in [3.8, 4) is 11.5 Å². The molecule has 0 bridgehead atoms. The van der Waals surface area contributed by atoms with Gasteiger partial charge in [0.1, 0.15) is 12.1 Å². The molecule has 0 N–H and O–H groups in total. The summed E-state index contributed by atoms with van der Waals surface area (Å²) in [5, 5.41) is 5.02. The summed E-state index contributed by atoms with van der Waals surface area (Å²) >= 11 is 0. The molecule has 1 aromatic carbocycles. The van der Waals surface area contributed by atoms with Gasteiger partial charge in [0.15, 0.2) is 17.1 Å². The fourth-order valence-corrected chi connectivity index (χ4v) is 2.61. The van der Waals surface area contributed by atoms with Gasteiger partial charge in [-0.15, -0.1) is 0 Å².